The molecule has 2 rings (SSSR count). The third-order valence-corrected chi connectivity index (χ3v) is 4.66. The Morgan fingerprint density at radius 1 is 1.11 bits per heavy atom. The molecule has 0 unspecified atom stereocenters. The number of pyridine rings is 1. The summed E-state index contributed by atoms with van der Waals surface area (Å²) in [6.45, 7) is 6.99. The molecular formula is C19H21Cl2N3O3. The van der Waals surface area contributed by atoms with Gasteiger partial charge in [0, 0.05) is 18.4 Å². The summed E-state index contributed by atoms with van der Waals surface area (Å²) in [7, 11) is 0. The Labute approximate surface area is 168 Å². The molecular weight excluding hydrogens is 389 g/mol. The second kappa shape index (κ2) is 10.3. The first-order valence-electron chi connectivity index (χ1n) is 8.56. The Kier molecular flexibility index (Phi) is 8.03. The van der Waals surface area contributed by atoms with Crippen LogP contribution in [0.25, 0.3) is 0 Å². The minimum absolute atomic E-state index is 0.136. The highest BCUT2D eigenvalue weighted by Crippen LogP contribution is 2.20. The number of ether oxygens (including phenoxy) is 1. The van der Waals surface area contributed by atoms with Crippen molar-refractivity contribution in [1.82, 2.24) is 9.88 Å². The minimum atomic E-state index is -0.395. The predicted octanol–water partition coefficient (Wildman–Crippen LogP) is 4.14. The van der Waals surface area contributed by atoms with Crippen LogP contribution in [0.2, 0.25) is 10.2 Å². The van der Waals surface area contributed by atoms with Crippen LogP contribution < -0.4 is 5.32 Å². The molecule has 2 aromatic rings. The highest BCUT2D eigenvalue weighted by Gasteiger charge is 2.11. The van der Waals surface area contributed by atoms with Crippen LogP contribution in [0, 0.1) is 0 Å². The SMILES string of the molecule is CCN(CC)CCOC(=O)c1ccc(NC(=O)c2cnc(Cl)c(Cl)c2)cc1. The number of anilines is 1. The number of aromatic nitrogens is 1. The maximum Gasteiger partial charge on any atom is 0.338 e. The lowest BCUT2D eigenvalue weighted by molar-refractivity contribution is 0.0466. The van der Waals surface area contributed by atoms with E-state index in [0.29, 0.717) is 24.4 Å². The van der Waals surface area contributed by atoms with Gasteiger partial charge in [-0.3, -0.25) is 4.79 Å². The fourth-order valence-electron chi connectivity index (χ4n) is 2.33. The van der Waals surface area contributed by atoms with Crippen LogP contribution in [0.3, 0.4) is 0 Å². The van der Waals surface area contributed by atoms with Crippen LogP contribution in [-0.2, 0) is 4.74 Å². The summed E-state index contributed by atoms with van der Waals surface area (Å²) in [5.41, 5.74) is 1.24. The molecule has 8 heteroatoms. The van der Waals surface area contributed by atoms with Crippen molar-refractivity contribution in [2.24, 2.45) is 0 Å². The molecule has 1 heterocycles. The molecule has 0 spiro atoms. The Balaban J connectivity index is 1.91. The van der Waals surface area contributed by atoms with E-state index in [-0.39, 0.29) is 21.6 Å². The van der Waals surface area contributed by atoms with Gasteiger partial charge in [0.05, 0.1) is 16.1 Å². The van der Waals surface area contributed by atoms with Gasteiger partial charge in [0.15, 0.2) is 0 Å². The smallest absolute Gasteiger partial charge is 0.338 e. The Bertz CT molecular complexity index is 793. The van der Waals surface area contributed by atoms with Gasteiger partial charge in [0.25, 0.3) is 5.91 Å². The Morgan fingerprint density at radius 2 is 1.78 bits per heavy atom. The number of rotatable bonds is 8. The molecule has 1 N–H and O–H groups in total. The van der Waals surface area contributed by atoms with Gasteiger partial charge in [0.2, 0.25) is 0 Å². The zero-order chi connectivity index (χ0) is 19.8. The van der Waals surface area contributed by atoms with Gasteiger partial charge in [-0.1, -0.05) is 37.0 Å². The van der Waals surface area contributed by atoms with Crippen LogP contribution in [0.4, 0.5) is 5.69 Å². The average Bonchev–Trinajstić information content (AvgIpc) is 2.67. The Morgan fingerprint density at radius 3 is 2.37 bits per heavy atom. The molecule has 6 nitrogen and oxygen atoms in total. The zero-order valence-corrected chi connectivity index (χ0v) is 16.7. The van der Waals surface area contributed by atoms with Crippen molar-refractivity contribution in [3.63, 3.8) is 0 Å². The van der Waals surface area contributed by atoms with Gasteiger partial charge >= 0.3 is 5.97 Å². The van der Waals surface area contributed by atoms with Gasteiger partial charge < -0.3 is 15.0 Å². The molecule has 0 aliphatic heterocycles. The van der Waals surface area contributed by atoms with Crippen molar-refractivity contribution in [2.45, 2.75) is 13.8 Å². The highest BCUT2D eigenvalue weighted by molar-refractivity contribution is 6.41. The first kappa shape index (κ1) is 21.2. The number of halogens is 2. The lowest BCUT2D eigenvalue weighted by Gasteiger charge is -2.17. The average molecular weight is 410 g/mol. The highest BCUT2D eigenvalue weighted by atomic mass is 35.5. The van der Waals surface area contributed by atoms with Gasteiger partial charge in [-0.25, -0.2) is 9.78 Å². The van der Waals surface area contributed by atoms with Crippen molar-refractivity contribution in [3.8, 4) is 0 Å². The molecule has 144 valence electrons. The van der Waals surface area contributed by atoms with Crippen LogP contribution in [-0.4, -0.2) is 48.0 Å². The van der Waals surface area contributed by atoms with Crippen molar-refractivity contribution >= 4 is 40.8 Å². The quantitative estimate of drug-likeness (QED) is 0.523. The third-order valence-electron chi connectivity index (χ3n) is 3.97. The maximum atomic E-state index is 12.2. The standard InChI is InChI=1S/C19H21Cl2N3O3/c1-3-24(4-2)9-10-27-19(26)13-5-7-15(8-6-13)23-18(25)14-11-16(20)17(21)22-12-14/h5-8,11-12H,3-4,9-10H2,1-2H3,(H,23,25). The third kappa shape index (κ3) is 6.20. The fourth-order valence-corrected chi connectivity index (χ4v) is 2.60. The number of carbonyl (C=O) groups excluding carboxylic acids is 2. The topological polar surface area (TPSA) is 71.5 Å². The maximum absolute atomic E-state index is 12.2. The summed E-state index contributed by atoms with van der Waals surface area (Å²) >= 11 is 11.6. The monoisotopic (exact) mass is 409 g/mol. The van der Waals surface area contributed by atoms with Crippen LogP contribution >= 0.6 is 23.2 Å². The lowest BCUT2D eigenvalue weighted by atomic mass is 10.2. The van der Waals surface area contributed by atoms with Gasteiger partial charge in [-0.05, 0) is 43.4 Å². The zero-order valence-electron chi connectivity index (χ0n) is 15.2. The Hall–Kier alpha value is -2.15. The molecule has 1 aromatic heterocycles. The molecule has 1 aromatic carbocycles. The summed E-state index contributed by atoms with van der Waals surface area (Å²) < 4.78 is 5.27. The molecule has 0 bridgehead atoms. The van der Waals surface area contributed by atoms with Crippen molar-refractivity contribution in [1.29, 1.82) is 0 Å². The first-order valence-corrected chi connectivity index (χ1v) is 9.32. The molecule has 27 heavy (non-hydrogen) atoms. The van der Waals surface area contributed by atoms with Gasteiger partial charge in [-0.15, -0.1) is 0 Å². The van der Waals surface area contributed by atoms with Crippen molar-refractivity contribution < 1.29 is 14.3 Å². The minimum Gasteiger partial charge on any atom is -0.461 e. The number of benzene rings is 1. The number of hydrogen-bond donors (Lipinski definition) is 1. The van der Waals surface area contributed by atoms with E-state index in [0.717, 1.165) is 13.1 Å². The molecule has 0 aliphatic carbocycles. The molecule has 0 saturated heterocycles. The molecule has 0 saturated carbocycles. The number of esters is 1. The summed E-state index contributed by atoms with van der Waals surface area (Å²) in [4.78, 5) is 30.3. The van der Waals surface area contributed by atoms with E-state index in [1.54, 1.807) is 24.3 Å². The molecule has 0 radical (unpaired) electrons. The van der Waals surface area contributed by atoms with E-state index in [2.05, 4.69) is 29.0 Å². The van der Waals surface area contributed by atoms with E-state index < -0.39 is 5.97 Å². The molecule has 1 amide bonds. The van der Waals surface area contributed by atoms with E-state index in [9.17, 15) is 9.59 Å². The van der Waals surface area contributed by atoms with Gasteiger partial charge in [0.1, 0.15) is 11.8 Å². The fraction of sp³-hybridized carbons (Fsp3) is 0.316. The van der Waals surface area contributed by atoms with Crippen molar-refractivity contribution in [3.05, 3.63) is 57.8 Å². The van der Waals surface area contributed by atoms with Crippen LogP contribution in [0.5, 0.6) is 0 Å². The number of hydrogen-bond acceptors (Lipinski definition) is 5. The number of nitrogens with zero attached hydrogens (tertiary/aromatic N) is 2. The number of carbonyl (C=O) groups is 2. The van der Waals surface area contributed by atoms with Gasteiger partial charge in [-0.2, -0.15) is 0 Å². The largest absolute Gasteiger partial charge is 0.461 e. The summed E-state index contributed by atoms with van der Waals surface area (Å²) in [5.74, 6) is -0.774. The lowest BCUT2D eigenvalue weighted by Crippen LogP contribution is -2.27. The second-order valence-corrected chi connectivity index (χ2v) is 6.46. The molecule has 0 aliphatic rings. The van der Waals surface area contributed by atoms with Crippen molar-refractivity contribution in [2.75, 3.05) is 31.6 Å². The number of nitrogens with one attached hydrogen (secondary N) is 1. The van der Waals surface area contributed by atoms with E-state index in [4.69, 9.17) is 27.9 Å². The first-order chi connectivity index (χ1) is 12.9. The van der Waals surface area contributed by atoms with Crippen LogP contribution in [0.15, 0.2) is 36.5 Å². The molecule has 0 fully saturated rings. The predicted molar refractivity (Wildman–Crippen MR) is 107 cm³/mol. The number of amides is 1. The number of likely N-dealkylation sites (N-methyl/N-ethyl adjacent to an activating group) is 1. The summed E-state index contributed by atoms with van der Waals surface area (Å²) in [6, 6.07) is 7.90. The van der Waals surface area contributed by atoms with E-state index in [1.807, 2.05) is 0 Å². The second-order valence-electron chi connectivity index (χ2n) is 5.69. The summed E-state index contributed by atoms with van der Waals surface area (Å²) in [5, 5.41) is 3.04. The van der Waals surface area contributed by atoms with E-state index in [1.165, 1.54) is 12.3 Å². The molecule has 0 atom stereocenters. The summed E-state index contributed by atoms with van der Waals surface area (Å²) in [6.07, 6.45) is 1.34. The normalized spacial score (nSPS) is 10.7. The van der Waals surface area contributed by atoms with E-state index >= 15 is 0 Å². The van der Waals surface area contributed by atoms with Crippen LogP contribution in [0.1, 0.15) is 34.6 Å².